The first kappa shape index (κ1) is 15.6. The summed E-state index contributed by atoms with van der Waals surface area (Å²) < 4.78 is 6.68. The molecular weight excluding hydrogens is 352 g/mol. The maximum atomic E-state index is 11.0. The summed E-state index contributed by atoms with van der Waals surface area (Å²) in [6.45, 7) is 2.63. The molecule has 2 aliphatic heterocycles. The second kappa shape index (κ2) is 6.44. The molecule has 0 saturated carbocycles. The van der Waals surface area contributed by atoms with Gasteiger partial charge in [0.25, 0.3) is 0 Å². The van der Waals surface area contributed by atoms with Crippen LogP contribution in [-0.2, 0) is 0 Å². The van der Waals surface area contributed by atoms with Crippen molar-refractivity contribution in [3.05, 3.63) is 28.2 Å². The van der Waals surface area contributed by atoms with Gasteiger partial charge in [0.2, 0.25) is 0 Å². The molecular formula is C15H19BrN2O4. The Hall–Kier alpha value is -1.31. The Labute approximate surface area is 137 Å². The molecule has 120 valence electrons. The third kappa shape index (κ3) is 3.06. The number of amides is 1. The van der Waals surface area contributed by atoms with E-state index in [4.69, 9.17) is 9.84 Å². The van der Waals surface area contributed by atoms with E-state index in [0.29, 0.717) is 39.2 Å². The Balaban J connectivity index is 1.86. The predicted octanol–water partition coefficient (Wildman–Crippen LogP) is 1.93. The lowest BCUT2D eigenvalue weighted by atomic mass is 9.97. The van der Waals surface area contributed by atoms with Crippen LogP contribution in [-0.4, -0.2) is 65.0 Å². The highest BCUT2D eigenvalue weighted by Gasteiger charge is 2.34. The summed E-state index contributed by atoms with van der Waals surface area (Å²) in [7, 11) is 0. The van der Waals surface area contributed by atoms with E-state index in [1.807, 2.05) is 18.2 Å². The predicted molar refractivity (Wildman–Crippen MR) is 84.2 cm³/mol. The number of carboxylic acid groups (broad SMARTS) is 1. The van der Waals surface area contributed by atoms with Crippen molar-refractivity contribution >= 4 is 22.0 Å². The highest BCUT2D eigenvalue weighted by molar-refractivity contribution is 9.10. The first-order valence-electron chi connectivity index (χ1n) is 7.38. The Morgan fingerprint density at radius 2 is 2.00 bits per heavy atom. The van der Waals surface area contributed by atoms with Crippen LogP contribution >= 0.6 is 15.9 Å². The summed E-state index contributed by atoms with van der Waals surface area (Å²) in [6.07, 6.45) is -0.838. The maximum absolute atomic E-state index is 11.0. The Bertz CT molecular complexity index is 560. The molecule has 22 heavy (non-hydrogen) atoms. The average molecular weight is 371 g/mol. The van der Waals surface area contributed by atoms with Crippen LogP contribution in [0.1, 0.15) is 18.0 Å². The molecule has 2 aliphatic rings. The molecule has 0 aliphatic carbocycles. The minimum atomic E-state index is -0.882. The third-order valence-electron chi connectivity index (χ3n) is 4.30. The molecule has 0 radical (unpaired) electrons. The topological polar surface area (TPSA) is 73.2 Å². The molecule has 0 aromatic heterocycles. The Morgan fingerprint density at radius 3 is 2.68 bits per heavy atom. The molecule has 1 aromatic rings. The van der Waals surface area contributed by atoms with Crippen molar-refractivity contribution in [1.82, 2.24) is 9.80 Å². The molecule has 3 rings (SSSR count). The van der Waals surface area contributed by atoms with Crippen LogP contribution in [0.2, 0.25) is 0 Å². The molecule has 7 heteroatoms. The summed E-state index contributed by atoms with van der Waals surface area (Å²) >= 11 is 3.47. The third-order valence-corrected chi connectivity index (χ3v) is 4.80. The molecule has 6 nitrogen and oxygen atoms in total. The fourth-order valence-electron chi connectivity index (χ4n) is 3.17. The largest absolute Gasteiger partial charge is 0.493 e. The average Bonchev–Trinajstić information content (AvgIpc) is 2.65. The summed E-state index contributed by atoms with van der Waals surface area (Å²) in [6, 6.07) is 5.66. The molecule has 0 unspecified atom stereocenters. The van der Waals surface area contributed by atoms with Gasteiger partial charge in [-0.3, -0.25) is 4.90 Å². The molecule has 1 aromatic carbocycles. The van der Waals surface area contributed by atoms with E-state index in [1.165, 1.54) is 4.90 Å². The van der Waals surface area contributed by atoms with Crippen molar-refractivity contribution < 1.29 is 19.7 Å². The van der Waals surface area contributed by atoms with E-state index in [0.717, 1.165) is 15.8 Å². The number of halogens is 1. The Morgan fingerprint density at radius 1 is 1.27 bits per heavy atom. The van der Waals surface area contributed by atoms with Crippen LogP contribution in [0.25, 0.3) is 0 Å². The lowest BCUT2D eigenvalue weighted by molar-refractivity contribution is 0.0166. The number of ether oxygens (including phenoxy) is 1. The fraction of sp³-hybridized carbons (Fsp3) is 0.533. The van der Waals surface area contributed by atoms with Crippen molar-refractivity contribution in [3.8, 4) is 5.75 Å². The lowest BCUT2D eigenvalue weighted by Crippen LogP contribution is -2.51. The van der Waals surface area contributed by atoms with E-state index >= 15 is 0 Å². The van der Waals surface area contributed by atoms with E-state index in [9.17, 15) is 9.90 Å². The molecule has 0 bridgehead atoms. The molecule has 0 spiro atoms. The van der Waals surface area contributed by atoms with Crippen LogP contribution in [0.5, 0.6) is 5.75 Å². The van der Waals surface area contributed by atoms with Gasteiger partial charge < -0.3 is 19.8 Å². The van der Waals surface area contributed by atoms with E-state index < -0.39 is 12.2 Å². The minimum Gasteiger partial charge on any atom is -0.493 e. The number of hydrogen-bond acceptors (Lipinski definition) is 4. The van der Waals surface area contributed by atoms with Gasteiger partial charge in [-0.2, -0.15) is 0 Å². The number of hydrogen-bond donors (Lipinski definition) is 2. The van der Waals surface area contributed by atoms with Gasteiger partial charge in [-0.15, -0.1) is 0 Å². The number of benzene rings is 1. The van der Waals surface area contributed by atoms with Gasteiger partial charge in [0.05, 0.1) is 18.8 Å². The number of aliphatic hydroxyl groups is 1. The number of nitrogens with zero attached hydrogens (tertiary/aromatic N) is 2. The highest BCUT2D eigenvalue weighted by Crippen LogP contribution is 2.37. The van der Waals surface area contributed by atoms with E-state index in [1.54, 1.807) is 0 Å². The fourth-order valence-corrected chi connectivity index (χ4v) is 3.55. The van der Waals surface area contributed by atoms with Crippen molar-refractivity contribution in [2.75, 3.05) is 32.8 Å². The molecule has 2 N–H and O–H groups in total. The lowest BCUT2D eigenvalue weighted by Gasteiger charge is -2.39. The number of fused-ring (bicyclic) bond motifs is 1. The maximum Gasteiger partial charge on any atom is 0.407 e. The van der Waals surface area contributed by atoms with E-state index in [2.05, 4.69) is 20.8 Å². The summed E-state index contributed by atoms with van der Waals surface area (Å²) in [5.41, 5.74) is 0.961. The summed E-state index contributed by atoms with van der Waals surface area (Å²) in [4.78, 5) is 14.6. The Kier molecular flexibility index (Phi) is 4.56. The normalized spacial score (nSPS) is 26.0. The van der Waals surface area contributed by atoms with Crippen LogP contribution in [0.15, 0.2) is 22.7 Å². The molecule has 1 saturated heterocycles. The smallest absolute Gasteiger partial charge is 0.407 e. The molecule has 2 heterocycles. The van der Waals surface area contributed by atoms with Gasteiger partial charge in [0.15, 0.2) is 0 Å². The first-order valence-corrected chi connectivity index (χ1v) is 8.18. The van der Waals surface area contributed by atoms with Crippen molar-refractivity contribution in [1.29, 1.82) is 0 Å². The van der Waals surface area contributed by atoms with Crippen LogP contribution in [0.3, 0.4) is 0 Å². The van der Waals surface area contributed by atoms with Gasteiger partial charge in [-0.25, -0.2) is 4.79 Å². The van der Waals surface area contributed by atoms with Gasteiger partial charge in [-0.1, -0.05) is 15.9 Å². The van der Waals surface area contributed by atoms with Gasteiger partial charge in [0, 0.05) is 42.6 Å². The number of carbonyl (C=O) groups is 1. The summed E-state index contributed by atoms with van der Waals surface area (Å²) in [5, 5.41) is 19.6. The first-order chi connectivity index (χ1) is 10.6. The molecule has 2 atom stereocenters. The summed E-state index contributed by atoms with van der Waals surface area (Å²) in [5.74, 6) is 0.797. The van der Waals surface area contributed by atoms with Crippen molar-refractivity contribution in [2.45, 2.75) is 18.6 Å². The number of piperazine rings is 1. The second-order valence-corrected chi connectivity index (χ2v) is 6.55. The zero-order valence-electron chi connectivity index (χ0n) is 12.1. The van der Waals surface area contributed by atoms with E-state index in [-0.39, 0.29) is 6.04 Å². The van der Waals surface area contributed by atoms with Gasteiger partial charge >= 0.3 is 6.09 Å². The molecule has 1 fully saturated rings. The monoisotopic (exact) mass is 370 g/mol. The number of rotatable bonds is 1. The van der Waals surface area contributed by atoms with Crippen LogP contribution in [0, 0.1) is 0 Å². The van der Waals surface area contributed by atoms with Crippen LogP contribution in [0.4, 0.5) is 4.79 Å². The SMILES string of the molecule is O=C(O)N1CCN([C@@H]2c3cc(Br)ccc3OCC[C@H]2O)CC1. The van der Waals surface area contributed by atoms with Crippen LogP contribution < -0.4 is 4.74 Å². The quantitative estimate of drug-likeness (QED) is 0.789. The second-order valence-electron chi connectivity index (χ2n) is 5.64. The van der Waals surface area contributed by atoms with Crippen molar-refractivity contribution in [3.63, 3.8) is 0 Å². The zero-order chi connectivity index (χ0) is 15.7. The standard InChI is InChI=1S/C15H19BrN2O4/c16-10-1-2-13-11(9-10)14(12(19)3-8-22-13)17-4-6-18(7-5-17)15(20)21/h1-2,9,12,14,19H,3-8H2,(H,20,21)/t12-,14-/m1/s1. The highest BCUT2D eigenvalue weighted by atomic mass is 79.9. The number of aliphatic hydroxyl groups excluding tert-OH is 1. The van der Waals surface area contributed by atoms with Gasteiger partial charge in [-0.05, 0) is 18.2 Å². The molecule has 1 amide bonds. The minimum absolute atomic E-state index is 0.161. The zero-order valence-corrected chi connectivity index (χ0v) is 13.7. The van der Waals surface area contributed by atoms with Gasteiger partial charge in [0.1, 0.15) is 5.75 Å². The van der Waals surface area contributed by atoms with Crippen molar-refractivity contribution in [2.24, 2.45) is 0 Å².